The van der Waals surface area contributed by atoms with Gasteiger partial charge in [-0.05, 0) is 56.1 Å². The van der Waals surface area contributed by atoms with Gasteiger partial charge in [-0.1, -0.05) is 11.6 Å². The number of hydrogen-bond acceptors (Lipinski definition) is 3. The van der Waals surface area contributed by atoms with Crippen LogP contribution in [0.5, 0.6) is 5.75 Å². The zero-order valence-corrected chi connectivity index (χ0v) is 12.0. The van der Waals surface area contributed by atoms with Crippen molar-refractivity contribution in [3.63, 3.8) is 0 Å². The molecule has 1 aliphatic heterocycles. The molecular weight excluding hydrogens is 248 g/mol. The molecule has 2 unspecified atom stereocenters. The van der Waals surface area contributed by atoms with Crippen LogP contribution in [0.3, 0.4) is 0 Å². The van der Waals surface area contributed by atoms with E-state index >= 15 is 0 Å². The standard InChI is InChI=1S/C14H21ClN2O/c1-9-4-12(15)11(6-14(9)18-3)13-5-10(7-16)8-17(13)2/h4,6,10,13H,5,7-8,16H2,1-3H3. The van der Waals surface area contributed by atoms with Gasteiger partial charge in [-0.2, -0.15) is 0 Å². The average molecular weight is 269 g/mol. The summed E-state index contributed by atoms with van der Waals surface area (Å²) in [6.45, 7) is 3.78. The second kappa shape index (κ2) is 5.47. The van der Waals surface area contributed by atoms with Gasteiger partial charge in [0.15, 0.2) is 0 Å². The van der Waals surface area contributed by atoms with E-state index in [0.29, 0.717) is 12.0 Å². The van der Waals surface area contributed by atoms with E-state index in [0.717, 1.165) is 41.4 Å². The molecular formula is C14H21ClN2O. The number of hydrogen-bond donors (Lipinski definition) is 1. The Morgan fingerprint density at radius 1 is 1.50 bits per heavy atom. The van der Waals surface area contributed by atoms with Gasteiger partial charge in [0.05, 0.1) is 7.11 Å². The van der Waals surface area contributed by atoms with E-state index in [4.69, 9.17) is 22.1 Å². The molecule has 1 fully saturated rings. The molecule has 0 amide bonds. The Morgan fingerprint density at radius 2 is 2.22 bits per heavy atom. The van der Waals surface area contributed by atoms with Gasteiger partial charge >= 0.3 is 0 Å². The molecule has 1 aliphatic rings. The Kier molecular flexibility index (Phi) is 4.15. The molecule has 18 heavy (non-hydrogen) atoms. The summed E-state index contributed by atoms with van der Waals surface area (Å²) >= 11 is 6.38. The van der Waals surface area contributed by atoms with Crippen molar-refractivity contribution >= 4 is 11.6 Å². The van der Waals surface area contributed by atoms with E-state index in [1.165, 1.54) is 0 Å². The highest BCUT2D eigenvalue weighted by Crippen LogP contribution is 2.39. The maximum Gasteiger partial charge on any atom is 0.122 e. The van der Waals surface area contributed by atoms with Crippen LogP contribution in [0.1, 0.15) is 23.6 Å². The first-order valence-electron chi connectivity index (χ1n) is 6.31. The summed E-state index contributed by atoms with van der Waals surface area (Å²) in [7, 11) is 3.82. The van der Waals surface area contributed by atoms with Crippen molar-refractivity contribution in [1.82, 2.24) is 4.90 Å². The molecule has 2 N–H and O–H groups in total. The summed E-state index contributed by atoms with van der Waals surface area (Å²) in [4.78, 5) is 2.33. The molecule has 1 saturated heterocycles. The Balaban J connectivity index is 2.33. The summed E-state index contributed by atoms with van der Waals surface area (Å²) < 4.78 is 5.39. The van der Waals surface area contributed by atoms with Gasteiger partial charge in [0.1, 0.15) is 5.75 Å². The van der Waals surface area contributed by atoms with E-state index in [9.17, 15) is 0 Å². The van der Waals surface area contributed by atoms with Crippen LogP contribution < -0.4 is 10.5 Å². The highest BCUT2D eigenvalue weighted by atomic mass is 35.5. The first-order valence-corrected chi connectivity index (χ1v) is 6.69. The molecule has 0 bridgehead atoms. The number of nitrogens with two attached hydrogens (primary N) is 1. The molecule has 3 nitrogen and oxygen atoms in total. The fraction of sp³-hybridized carbons (Fsp3) is 0.571. The third-order valence-electron chi connectivity index (χ3n) is 3.84. The van der Waals surface area contributed by atoms with Gasteiger partial charge in [-0.15, -0.1) is 0 Å². The van der Waals surface area contributed by atoms with Crippen molar-refractivity contribution in [2.75, 3.05) is 27.2 Å². The monoisotopic (exact) mass is 268 g/mol. The second-order valence-electron chi connectivity index (χ2n) is 5.14. The first-order chi connectivity index (χ1) is 8.56. The van der Waals surface area contributed by atoms with E-state index in [1.54, 1.807) is 7.11 Å². The van der Waals surface area contributed by atoms with Gasteiger partial charge < -0.3 is 10.5 Å². The number of rotatable bonds is 3. The number of methoxy groups -OCH3 is 1. The lowest BCUT2D eigenvalue weighted by Gasteiger charge is -2.22. The van der Waals surface area contributed by atoms with Crippen molar-refractivity contribution in [3.8, 4) is 5.75 Å². The lowest BCUT2D eigenvalue weighted by molar-refractivity contribution is 0.312. The summed E-state index contributed by atoms with van der Waals surface area (Å²) in [5.74, 6) is 1.46. The molecule has 1 aromatic rings. The Morgan fingerprint density at radius 3 is 2.78 bits per heavy atom. The van der Waals surface area contributed by atoms with Crippen LogP contribution in [0, 0.1) is 12.8 Å². The fourth-order valence-corrected chi connectivity index (χ4v) is 3.13. The van der Waals surface area contributed by atoms with E-state index < -0.39 is 0 Å². The molecule has 1 heterocycles. The fourth-order valence-electron chi connectivity index (χ4n) is 2.78. The lowest BCUT2D eigenvalue weighted by atomic mass is 9.98. The summed E-state index contributed by atoms with van der Waals surface area (Å²) in [5.41, 5.74) is 7.99. The lowest BCUT2D eigenvalue weighted by Crippen LogP contribution is -2.20. The van der Waals surface area contributed by atoms with Crippen LogP contribution in [0.2, 0.25) is 5.02 Å². The van der Waals surface area contributed by atoms with Crippen molar-refractivity contribution in [2.45, 2.75) is 19.4 Å². The summed E-state index contributed by atoms with van der Waals surface area (Å²) in [5, 5.41) is 0.822. The predicted octanol–water partition coefficient (Wildman–Crippen LogP) is 2.61. The van der Waals surface area contributed by atoms with E-state index in [2.05, 4.69) is 18.0 Å². The molecule has 1 aromatic carbocycles. The molecule has 2 rings (SSSR count). The number of benzene rings is 1. The van der Waals surface area contributed by atoms with Crippen LogP contribution in [0.25, 0.3) is 0 Å². The van der Waals surface area contributed by atoms with Crippen LogP contribution >= 0.6 is 11.6 Å². The summed E-state index contributed by atoms with van der Waals surface area (Å²) in [6, 6.07) is 4.40. The number of likely N-dealkylation sites (tertiary alicyclic amines) is 1. The SMILES string of the molecule is COc1cc(C2CC(CN)CN2C)c(Cl)cc1C. The maximum absolute atomic E-state index is 6.38. The molecule has 4 heteroatoms. The summed E-state index contributed by atoms with van der Waals surface area (Å²) in [6.07, 6.45) is 1.07. The van der Waals surface area contributed by atoms with Gasteiger partial charge in [0.2, 0.25) is 0 Å². The topological polar surface area (TPSA) is 38.5 Å². The van der Waals surface area contributed by atoms with Crippen LogP contribution in [-0.4, -0.2) is 32.1 Å². The zero-order valence-electron chi connectivity index (χ0n) is 11.2. The van der Waals surface area contributed by atoms with Crippen molar-refractivity contribution in [1.29, 1.82) is 0 Å². The van der Waals surface area contributed by atoms with Gasteiger partial charge in [-0.25, -0.2) is 0 Å². The highest BCUT2D eigenvalue weighted by Gasteiger charge is 2.31. The zero-order chi connectivity index (χ0) is 13.3. The second-order valence-corrected chi connectivity index (χ2v) is 5.54. The third kappa shape index (κ3) is 2.48. The third-order valence-corrected chi connectivity index (χ3v) is 4.17. The maximum atomic E-state index is 6.38. The van der Waals surface area contributed by atoms with Crippen molar-refractivity contribution in [3.05, 3.63) is 28.3 Å². The molecule has 100 valence electrons. The Labute approximate surface area is 114 Å². The smallest absolute Gasteiger partial charge is 0.122 e. The quantitative estimate of drug-likeness (QED) is 0.916. The van der Waals surface area contributed by atoms with Crippen LogP contribution in [0.4, 0.5) is 0 Å². The Hall–Kier alpha value is -0.770. The van der Waals surface area contributed by atoms with Crippen LogP contribution in [0.15, 0.2) is 12.1 Å². The number of ether oxygens (including phenoxy) is 1. The number of nitrogens with zero attached hydrogens (tertiary/aromatic N) is 1. The number of aryl methyl sites for hydroxylation is 1. The molecule has 0 spiro atoms. The minimum atomic E-state index is 0.348. The first kappa shape index (κ1) is 13.7. The average Bonchev–Trinajstić information content (AvgIpc) is 2.71. The van der Waals surface area contributed by atoms with Crippen molar-refractivity contribution in [2.24, 2.45) is 11.7 Å². The largest absolute Gasteiger partial charge is 0.496 e. The highest BCUT2D eigenvalue weighted by molar-refractivity contribution is 6.31. The molecule has 2 atom stereocenters. The van der Waals surface area contributed by atoms with E-state index in [1.807, 2.05) is 13.0 Å². The molecule has 0 aromatic heterocycles. The van der Waals surface area contributed by atoms with Gasteiger partial charge in [0, 0.05) is 17.6 Å². The molecule has 0 radical (unpaired) electrons. The Bertz CT molecular complexity index is 436. The number of halogens is 1. The van der Waals surface area contributed by atoms with Crippen molar-refractivity contribution < 1.29 is 4.74 Å². The molecule has 0 aliphatic carbocycles. The minimum Gasteiger partial charge on any atom is -0.496 e. The predicted molar refractivity (Wildman–Crippen MR) is 75.3 cm³/mol. The van der Waals surface area contributed by atoms with Gasteiger partial charge in [0.25, 0.3) is 0 Å². The normalized spacial score (nSPS) is 24.5. The van der Waals surface area contributed by atoms with Crippen LogP contribution in [-0.2, 0) is 0 Å². The van der Waals surface area contributed by atoms with E-state index in [-0.39, 0.29) is 0 Å². The van der Waals surface area contributed by atoms with Gasteiger partial charge in [-0.3, -0.25) is 4.90 Å². The minimum absolute atomic E-state index is 0.348. The molecule has 0 saturated carbocycles.